The number of fused-ring (bicyclic) bond motifs is 1. The number of hydrogen-bond donors (Lipinski definition) is 1. The Kier molecular flexibility index (Phi) is 8.54. The van der Waals surface area contributed by atoms with Crippen molar-refractivity contribution in [2.75, 3.05) is 24.5 Å². The number of rotatable bonds is 8. The van der Waals surface area contributed by atoms with Crippen molar-refractivity contribution in [3.05, 3.63) is 66.5 Å². The summed E-state index contributed by atoms with van der Waals surface area (Å²) in [5.74, 6) is -1.81. The Labute approximate surface area is 249 Å². The molecule has 4 aromatic rings. The number of amides is 1. The molecule has 1 atom stereocenters. The highest BCUT2D eigenvalue weighted by Gasteiger charge is 2.41. The van der Waals surface area contributed by atoms with Crippen LogP contribution in [0.5, 0.6) is 11.5 Å². The molecule has 44 heavy (non-hydrogen) atoms. The second-order valence-electron chi connectivity index (χ2n) is 9.24. The maximum Gasteiger partial charge on any atom is 0.573 e. The minimum absolute atomic E-state index is 0.125. The van der Waals surface area contributed by atoms with Crippen molar-refractivity contribution >= 4 is 42.6 Å². The van der Waals surface area contributed by atoms with Crippen LogP contribution in [0.25, 0.3) is 10.2 Å². The van der Waals surface area contributed by atoms with Crippen LogP contribution in [-0.4, -0.2) is 72.2 Å². The predicted octanol–water partition coefficient (Wildman–Crippen LogP) is 4.08. The van der Waals surface area contributed by atoms with Gasteiger partial charge in [0.2, 0.25) is 15.9 Å². The van der Waals surface area contributed by atoms with Crippen molar-refractivity contribution in [1.82, 2.24) is 24.8 Å². The molecule has 1 aliphatic heterocycles. The molecule has 5 rings (SSSR count). The van der Waals surface area contributed by atoms with E-state index in [4.69, 9.17) is 0 Å². The van der Waals surface area contributed by atoms with Gasteiger partial charge in [0.05, 0.1) is 22.0 Å². The van der Waals surface area contributed by atoms with Gasteiger partial charge in [0.1, 0.15) is 23.1 Å². The minimum Gasteiger partial charge on any atom is -0.406 e. The molecule has 1 amide bonds. The third-order valence-corrected chi connectivity index (χ3v) is 9.27. The molecule has 1 saturated heterocycles. The van der Waals surface area contributed by atoms with Crippen molar-refractivity contribution in [3.8, 4) is 11.5 Å². The summed E-state index contributed by atoms with van der Waals surface area (Å²) in [7, 11) is -4.40. The Balaban J connectivity index is 1.37. The van der Waals surface area contributed by atoms with Crippen LogP contribution in [0, 0.1) is 0 Å². The summed E-state index contributed by atoms with van der Waals surface area (Å²) in [6.45, 7) is -0.354. The highest BCUT2D eigenvalue weighted by Crippen LogP contribution is 2.32. The Bertz CT molecular complexity index is 1700. The molecular formula is C25H20F6N6O5S2. The SMILES string of the molecule is O=C(NCc1ccc(OC(F)(F)F)cc1)[C@H]1CN(c2nc3cnncc3s2)CCN1S(=O)(=O)c1ccc(OC(F)(F)F)cc1. The van der Waals surface area contributed by atoms with E-state index >= 15 is 0 Å². The average molecular weight is 663 g/mol. The van der Waals surface area contributed by atoms with Crippen molar-refractivity contribution < 1.29 is 49.0 Å². The lowest BCUT2D eigenvalue weighted by molar-refractivity contribution is -0.275. The molecule has 2 aromatic carbocycles. The fraction of sp³-hybridized carbons (Fsp3) is 0.280. The van der Waals surface area contributed by atoms with Crippen LogP contribution in [0.3, 0.4) is 0 Å². The normalized spacial score (nSPS) is 16.6. The number of aromatic nitrogens is 3. The number of nitrogens with zero attached hydrogens (tertiary/aromatic N) is 5. The topological polar surface area (TPSA) is 127 Å². The number of halogens is 6. The molecule has 19 heteroatoms. The first-order chi connectivity index (χ1) is 20.7. The van der Waals surface area contributed by atoms with Gasteiger partial charge in [-0.25, -0.2) is 13.4 Å². The fourth-order valence-electron chi connectivity index (χ4n) is 4.33. The molecule has 2 aromatic heterocycles. The van der Waals surface area contributed by atoms with E-state index in [0.29, 0.717) is 20.9 Å². The van der Waals surface area contributed by atoms with Crippen LogP contribution in [0.2, 0.25) is 0 Å². The molecule has 1 N–H and O–H groups in total. The molecule has 3 heterocycles. The Morgan fingerprint density at radius 3 is 2.09 bits per heavy atom. The van der Waals surface area contributed by atoms with E-state index in [1.165, 1.54) is 35.9 Å². The van der Waals surface area contributed by atoms with E-state index < -0.39 is 46.2 Å². The molecule has 0 bridgehead atoms. The number of nitrogens with one attached hydrogen (secondary N) is 1. The minimum atomic E-state index is -4.97. The fourth-order valence-corrected chi connectivity index (χ4v) is 6.84. The van der Waals surface area contributed by atoms with Gasteiger partial charge < -0.3 is 19.7 Å². The smallest absolute Gasteiger partial charge is 0.406 e. The van der Waals surface area contributed by atoms with Gasteiger partial charge in [-0.2, -0.15) is 14.5 Å². The second kappa shape index (κ2) is 12.0. The number of hydrogen-bond acceptors (Lipinski definition) is 10. The summed E-state index contributed by atoms with van der Waals surface area (Å²) in [4.78, 5) is 19.3. The van der Waals surface area contributed by atoms with Crippen LogP contribution >= 0.6 is 11.3 Å². The molecule has 0 radical (unpaired) electrons. The van der Waals surface area contributed by atoms with Crippen LogP contribution in [0.4, 0.5) is 31.5 Å². The van der Waals surface area contributed by atoms with E-state index in [1.54, 1.807) is 4.90 Å². The molecular weight excluding hydrogens is 642 g/mol. The van der Waals surface area contributed by atoms with Gasteiger partial charge in [0, 0.05) is 26.2 Å². The second-order valence-corrected chi connectivity index (χ2v) is 12.1. The van der Waals surface area contributed by atoms with E-state index in [-0.39, 0.29) is 31.1 Å². The molecule has 11 nitrogen and oxygen atoms in total. The third-order valence-electron chi connectivity index (χ3n) is 6.28. The summed E-state index contributed by atoms with van der Waals surface area (Å²) in [5.41, 5.74) is 0.955. The first-order valence-electron chi connectivity index (χ1n) is 12.5. The molecule has 1 aliphatic rings. The van der Waals surface area contributed by atoms with Gasteiger partial charge in [-0.3, -0.25) is 4.79 Å². The summed E-state index contributed by atoms with van der Waals surface area (Å²) in [6, 6.07) is 6.99. The lowest BCUT2D eigenvalue weighted by atomic mass is 10.1. The predicted molar refractivity (Wildman–Crippen MR) is 143 cm³/mol. The van der Waals surface area contributed by atoms with Crippen LogP contribution < -0.4 is 19.7 Å². The number of piperazine rings is 1. The Morgan fingerprint density at radius 1 is 0.909 bits per heavy atom. The maximum absolute atomic E-state index is 13.6. The van der Waals surface area contributed by atoms with E-state index in [0.717, 1.165) is 40.7 Å². The number of anilines is 1. The molecule has 0 aliphatic carbocycles. The zero-order valence-electron chi connectivity index (χ0n) is 22.0. The number of carbonyl (C=O) groups is 1. The quantitative estimate of drug-likeness (QED) is 0.278. The number of sulfonamides is 1. The zero-order chi connectivity index (χ0) is 31.7. The van der Waals surface area contributed by atoms with Gasteiger partial charge in [-0.1, -0.05) is 23.5 Å². The van der Waals surface area contributed by atoms with Crippen molar-refractivity contribution in [2.45, 2.75) is 30.2 Å². The standard InChI is InChI=1S/C25H20F6N6O5S2/c26-24(27,28)41-16-3-1-15(2-4-16)11-32-22(38)20-14-36(23-35-19-12-33-34-13-21(19)43-23)9-10-37(20)44(39,40)18-7-5-17(6-8-18)42-25(29,30)31/h1-8,12-13,20H,9-11,14H2,(H,32,38)/t20-/m1/s1. The van der Waals surface area contributed by atoms with E-state index in [9.17, 15) is 39.6 Å². The monoisotopic (exact) mass is 662 g/mol. The summed E-state index contributed by atoms with van der Waals surface area (Å²) in [5, 5.41) is 10.7. The first-order valence-corrected chi connectivity index (χ1v) is 14.8. The third kappa shape index (κ3) is 7.45. The Morgan fingerprint density at radius 2 is 1.50 bits per heavy atom. The summed E-state index contributed by atoms with van der Waals surface area (Å²) in [6.07, 6.45) is -6.88. The summed E-state index contributed by atoms with van der Waals surface area (Å²) >= 11 is 1.26. The van der Waals surface area contributed by atoms with Crippen LogP contribution in [0.1, 0.15) is 5.56 Å². The van der Waals surface area contributed by atoms with Gasteiger partial charge in [-0.05, 0) is 42.0 Å². The maximum atomic E-state index is 13.6. The van der Waals surface area contributed by atoms with E-state index in [2.05, 4.69) is 30.0 Å². The molecule has 0 saturated carbocycles. The van der Waals surface area contributed by atoms with Gasteiger partial charge in [0.25, 0.3) is 0 Å². The lowest BCUT2D eigenvalue weighted by Gasteiger charge is -2.39. The highest BCUT2D eigenvalue weighted by atomic mass is 32.2. The van der Waals surface area contributed by atoms with Gasteiger partial charge >= 0.3 is 12.7 Å². The van der Waals surface area contributed by atoms with Gasteiger partial charge in [-0.15, -0.1) is 26.3 Å². The number of alkyl halides is 6. The average Bonchev–Trinajstić information content (AvgIpc) is 3.39. The zero-order valence-corrected chi connectivity index (χ0v) is 23.7. The number of benzene rings is 2. The van der Waals surface area contributed by atoms with Crippen LogP contribution in [-0.2, 0) is 21.4 Å². The Hall–Kier alpha value is -4.23. The molecule has 234 valence electrons. The van der Waals surface area contributed by atoms with Gasteiger partial charge in [0.15, 0.2) is 5.13 Å². The van der Waals surface area contributed by atoms with Crippen molar-refractivity contribution in [3.63, 3.8) is 0 Å². The number of thiazole rings is 1. The largest absolute Gasteiger partial charge is 0.573 e. The summed E-state index contributed by atoms with van der Waals surface area (Å²) < 4.78 is 112. The lowest BCUT2D eigenvalue weighted by Crippen LogP contribution is -2.60. The van der Waals surface area contributed by atoms with E-state index in [1.807, 2.05) is 0 Å². The molecule has 1 fully saturated rings. The molecule has 0 unspecified atom stereocenters. The number of carbonyl (C=O) groups excluding carboxylic acids is 1. The van der Waals surface area contributed by atoms with Crippen LogP contribution in [0.15, 0.2) is 65.8 Å². The first kappa shape index (κ1) is 31.2. The molecule has 0 spiro atoms. The highest BCUT2D eigenvalue weighted by molar-refractivity contribution is 7.89. The number of ether oxygens (including phenoxy) is 2. The van der Waals surface area contributed by atoms with Crippen molar-refractivity contribution in [2.24, 2.45) is 0 Å². The van der Waals surface area contributed by atoms with Crippen molar-refractivity contribution in [1.29, 1.82) is 0 Å².